The minimum atomic E-state index is 0.799. The number of imidazole rings is 1. The standard InChI is InChI=1S/C7H7N3S/c8-6-1-4-11-7(6)10-3-2-9-5-10/h1-5H,8H2. The largest absolute Gasteiger partial charge is 0.396 e. The normalized spacial score (nSPS) is 10.2. The van der Waals surface area contributed by atoms with E-state index in [-0.39, 0.29) is 0 Å². The molecule has 0 saturated carbocycles. The molecule has 0 spiro atoms. The van der Waals surface area contributed by atoms with E-state index in [0.717, 1.165) is 10.7 Å². The first-order chi connectivity index (χ1) is 5.38. The first kappa shape index (κ1) is 6.42. The Balaban J connectivity index is 2.53. The van der Waals surface area contributed by atoms with Gasteiger partial charge in [-0.3, -0.25) is 4.57 Å². The maximum atomic E-state index is 5.69. The third kappa shape index (κ3) is 1.01. The highest BCUT2D eigenvalue weighted by Crippen LogP contribution is 2.22. The van der Waals surface area contributed by atoms with Crippen molar-refractivity contribution in [2.45, 2.75) is 0 Å². The number of rotatable bonds is 1. The van der Waals surface area contributed by atoms with Crippen LogP contribution in [0, 0.1) is 0 Å². The Morgan fingerprint density at radius 2 is 2.45 bits per heavy atom. The molecule has 0 aliphatic heterocycles. The molecule has 2 aromatic heterocycles. The van der Waals surface area contributed by atoms with Crippen LogP contribution in [0.15, 0.2) is 30.2 Å². The molecule has 56 valence electrons. The summed E-state index contributed by atoms with van der Waals surface area (Å²) in [5.41, 5.74) is 6.49. The summed E-state index contributed by atoms with van der Waals surface area (Å²) in [6.07, 6.45) is 5.35. The molecule has 3 nitrogen and oxygen atoms in total. The molecule has 2 aromatic rings. The van der Waals surface area contributed by atoms with Crippen LogP contribution in [0.1, 0.15) is 0 Å². The molecule has 0 aromatic carbocycles. The molecule has 11 heavy (non-hydrogen) atoms. The zero-order chi connectivity index (χ0) is 7.68. The topological polar surface area (TPSA) is 43.8 Å². The lowest BCUT2D eigenvalue weighted by atomic mass is 10.5. The Hall–Kier alpha value is -1.29. The number of anilines is 1. The molecule has 0 aliphatic carbocycles. The van der Waals surface area contributed by atoms with Gasteiger partial charge in [-0.2, -0.15) is 0 Å². The van der Waals surface area contributed by atoms with Crippen LogP contribution >= 0.6 is 11.3 Å². The Morgan fingerprint density at radius 1 is 1.55 bits per heavy atom. The van der Waals surface area contributed by atoms with Crippen LogP contribution in [0.3, 0.4) is 0 Å². The summed E-state index contributed by atoms with van der Waals surface area (Å²) in [5, 5.41) is 2.99. The van der Waals surface area contributed by atoms with Crippen molar-refractivity contribution in [3.63, 3.8) is 0 Å². The van der Waals surface area contributed by atoms with Crippen LogP contribution in [0.5, 0.6) is 0 Å². The molecule has 0 radical (unpaired) electrons. The summed E-state index contributed by atoms with van der Waals surface area (Å²) in [6, 6.07) is 1.89. The van der Waals surface area contributed by atoms with Gasteiger partial charge in [-0.05, 0) is 11.4 Å². The average Bonchev–Trinajstić information content (AvgIpc) is 2.55. The molecule has 4 heteroatoms. The summed E-state index contributed by atoms with van der Waals surface area (Å²) in [6.45, 7) is 0. The van der Waals surface area contributed by atoms with Gasteiger partial charge in [0.2, 0.25) is 0 Å². The second kappa shape index (κ2) is 2.39. The summed E-state index contributed by atoms with van der Waals surface area (Å²) in [7, 11) is 0. The third-order valence-electron chi connectivity index (χ3n) is 1.41. The summed E-state index contributed by atoms with van der Waals surface area (Å²) >= 11 is 1.61. The molecule has 0 aliphatic rings. The first-order valence-electron chi connectivity index (χ1n) is 3.19. The Bertz CT molecular complexity index is 336. The second-order valence-electron chi connectivity index (χ2n) is 2.15. The molecule has 2 N–H and O–H groups in total. The van der Waals surface area contributed by atoms with Crippen LogP contribution in [0.4, 0.5) is 5.69 Å². The molecule has 0 fully saturated rings. The van der Waals surface area contributed by atoms with Crippen LogP contribution in [0.2, 0.25) is 0 Å². The van der Waals surface area contributed by atoms with E-state index in [0.29, 0.717) is 0 Å². The smallest absolute Gasteiger partial charge is 0.124 e. The van der Waals surface area contributed by atoms with E-state index in [1.54, 1.807) is 23.9 Å². The number of nitrogens with zero attached hydrogens (tertiary/aromatic N) is 2. The van der Waals surface area contributed by atoms with Gasteiger partial charge in [0.25, 0.3) is 0 Å². The van der Waals surface area contributed by atoms with Crippen molar-refractivity contribution in [2.24, 2.45) is 0 Å². The van der Waals surface area contributed by atoms with Crippen LogP contribution in [0.25, 0.3) is 5.00 Å². The highest BCUT2D eigenvalue weighted by atomic mass is 32.1. The Morgan fingerprint density at radius 3 is 3.00 bits per heavy atom. The van der Waals surface area contributed by atoms with Gasteiger partial charge < -0.3 is 5.73 Å². The molecule has 0 atom stereocenters. The fourth-order valence-electron chi connectivity index (χ4n) is 0.900. The third-order valence-corrected chi connectivity index (χ3v) is 2.36. The maximum Gasteiger partial charge on any atom is 0.124 e. The van der Waals surface area contributed by atoms with Crippen molar-refractivity contribution >= 4 is 17.0 Å². The highest BCUT2D eigenvalue weighted by molar-refractivity contribution is 7.13. The second-order valence-corrected chi connectivity index (χ2v) is 3.05. The number of thiophene rings is 1. The van der Waals surface area contributed by atoms with Crippen LogP contribution in [-0.2, 0) is 0 Å². The number of nitrogen functional groups attached to an aromatic ring is 1. The summed E-state index contributed by atoms with van der Waals surface area (Å²) in [4.78, 5) is 3.93. The van der Waals surface area contributed by atoms with Crippen molar-refractivity contribution in [1.82, 2.24) is 9.55 Å². The van der Waals surface area contributed by atoms with Crippen molar-refractivity contribution in [3.05, 3.63) is 30.2 Å². The van der Waals surface area contributed by atoms with Gasteiger partial charge in [-0.15, -0.1) is 11.3 Å². The number of aromatic nitrogens is 2. The van der Waals surface area contributed by atoms with E-state index >= 15 is 0 Å². The summed E-state index contributed by atoms with van der Waals surface area (Å²) < 4.78 is 1.90. The van der Waals surface area contributed by atoms with Crippen molar-refractivity contribution in [1.29, 1.82) is 0 Å². The van der Waals surface area contributed by atoms with Crippen molar-refractivity contribution in [2.75, 3.05) is 5.73 Å². The van der Waals surface area contributed by atoms with Gasteiger partial charge in [-0.25, -0.2) is 4.98 Å². The maximum absolute atomic E-state index is 5.69. The molecule has 0 unspecified atom stereocenters. The summed E-state index contributed by atoms with van der Waals surface area (Å²) in [5.74, 6) is 0. The van der Waals surface area contributed by atoms with E-state index in [1.165, 1.54) is 0 Å². The first-order valence-corrected chi connectivity index (χ1v) is 4.07. The Kier molecular flexibility index (Phi) is 1.40. The van der Waals surface area contributed by atoms with E-state index < -0.39 is 0 Å². The minimum Gasteiger partial charge on any atom is -0.396 e. The van der Waals surface area contributed by atoms with E-state index in [4.69, 9.17) is 5.73 Å². The molecule has 2 heterocycles. The van der Waals surface area contributed by atoms with Crippen LogP contribution < -0.4 is 5.73 Å². The van der Waals surface area contributed by atoms with Crippen LogP contribution in [-0.4, -0.2) is 9.55 Å². The van der Waals surface area contributed by atoms with Crippen molar-refractivity contribution < 1.29 is 0 Å². The number of nitrogens with two attached hydrogens (primary N) is 1. The quantitative estimate of drug-likeness (QED) is 0.696. The lowest BCUT2D eigenvalue weighted by molar-refractivity contribution is 1.09. The van der Waals surface area contributed by atoms with Crippen molar-refractivity contribution in [3.8, 4) is 5.00 Å². The fourth-order valence-corrected chi connectivity index (χ4v) is 1.68. The van der Waals surface area contributed by atoms with E-state index in [1.807, 2.05) is 22.2 Å². The molecular formula is C7H7N3S. The van der Waals surface area contributed by atoms with Gasteiger partial charge in [0, 0.05) is 12.4 Å². The van der Waals surface area contributed by atoms with Gasteiger partial charge in [-0.1, -0.05) is 0 Å². The minimum absolute atomic E-state index is 0.799. The zero-order valence-electron chi connectivity index (χ0n) is 5.77. The molecule has 0 saturated heterocycles. The van der Waals surface area contributed by atoms with E-state index in [2.05, 4.69) is 4.98 Å². The molecule has 0 amide bonds. The number of hydrogen-bond acceptors (Lipinski definition) is 3. The van der Waals surface area contributed by atoms with Gasteiger partial charge in [0.05, 0.1) is 12.0 Å². The zero-order valence-corrected chi connectivity index (χ0v) is 6.58. The Labute approximate surface area is 68.1 Å². The molecule has 2 rings (SSSR count). The monoisotopic (exact) mass is 165 g/mol. The van der Waals surface area contributed by atoms with Gasteiger partial charge >= 0.3 is 0 Å². The molecular weight excluding hydrogens is 158 g/mol. The molecule has 0 bridgehead atoms. The predicted octanol–water partition coefficient (Wildman–Crippen LogP) is 1.52. The predicted molar refractivity (Wildman–Crippen MR) is 45.9 cm³/mol. The lowest BCUT2D eigenvalue weighted by Crippen LogP contribution is -1.91. The average molecular weight is 165 g/mol. The lowest BCUT2D eigenvalue weighted by Gasteiger charge is -1.96. The highest BCUT2D eigenvalue weighted by Gasteiger charge is 2.00. The van der Waals surface area contributed by atoms with E-state index in [9.17, 15) is 0 Å². The SMILES string of the molecule is Nc1ccsc1-n1ccnc1. The van der Waals surface area contributed by atoms with Gasteiger partial charge in [0.1, 0.15) is 5.00 Å². The van der Waals surface area contributed by atoms with Gasteiger partial charge in [0.15, 0.2) is 0 Å². The number of hydrogen-bond donors (Lipinski definition) is 1. The fraction of sp³-hybridized carbons (Fsp3) is 0.